The third kappa shape index (κ3) is 1.54. The van der Waals surface area contributed by atoms with Crippen molar-refractivity contribution in [1.82, 2.24) is 9.36 Å². The standard InChI is InChI=1S/C9H5IN2S/c1-2-3-7-9-6(10)4-11-5-8(9)13-12-7/h4-5H,1H3. The molecule has 0 aliphatic carbocycles. The van der Waals surface area contributed by atoms with Gasteiger partial charge in [-0.2, -0.15) is 4.37 Å². The van der Waals surface area contributed by atoms with Gasteiger partial charge in [-0.1, -0.05) is 5.92 Å². The van der Waals surface area contributed by atoms with Crippen LogP contribution in [0.2, 0.25) is 0 Å². The van der Waals surface area contributed by atoms with Crippen molar-refractivity contribution in [3.8, 4) is 11.8 Å². The molecule has 0 fully saturated rings. The van der Waals surface area contributed by atoms with Crippen molar-refractivity contribution in [2.45, 2.75) is 6.92 Å². The van der Waals surface area contributed by atoms with Crippen molar-refractivity contribution in [3.63, 3.8) is 0 Å². The monoisotopic (exact) mass is 300 g/mol. The Hall–Kier alpha value is -0.670. The molecule has 4 heteroatoms. The van der Waals surface area contributed by atoms with E-state index in [1.807, 2.05) is 19.3 Å². The van der Waals surface area contributed by atoms with Crippen molar-refractivity contribution in [2.75, 3.05) is 0 Å². The van der Waals surface area contributed by atoms with Crippen molar-refractivity contribution < 1.29 is 0 Å². The van der Waals surface area contributed by atoms with E-state index < -0.39 is 0 Å². The maximum Gasteiger partial charge on any atom is 0.136 e. The molecule has 0 saturated carbocycles. The molecule has 0 bridgehead atoms. The number of aromatic nitrogens is 2. The summed E-state index contributed by atoms with van der Waals surface area (Å²) in [6.45, 7) is 1.82. The molecule has 0 aromatic carbocycles. The minimum atomic E-state index is 0.870. The van der Waals surface area contributed by atoms with Crippen LogP contribution in [0.15, 0.2) is 12.4 Å². The average Bonchev–Trinajstić information content (AvgIpc) is 2.51. The fourth-order valence-corrected chi connectivity index (χ4v) is 2.68. The summed E-state index contributed by atoms with van der Waals surface area (Å²) in [4.78, 5) is 4.10. The van der Waals surface area contributed by atoms with E-state index in [1.165, 1.54) is 11.5 Å². The van der Waals surface area contributed by atoms with Crippen LogP contribution in [0.5, 0.6) is 0 Å². The Kier molecular flexibility index (Phi) is 2.47. The van der Waals surface area contributed by atoms with Crippen LogP contribution in [0, 0.1) is 15.4 Å². The Labute approximate surface area is 93.7 Å². The van der Waals surface area contributed by atoms with Gasteiger partial charge in [0.1, 0.15) is 5.69 Å². The molecule has 0 saturated heterocycles. The first-order valence-corrected chi connectivity index (χ1v) is 5.50. The van der Waals surface area contributed by atoms with Gasteiger partial charge in [0.05, 0.1) is 4.70 Å². The van der Waals surface area contributed by atoms with E-state index in [2.05, 4.69) is 43.8 Å². The maximum absolute atomic E-state index is 4.27. The topological polar surface area (TPSA) is 25.8 Å². The predicted octanol–water partition coefficient (Wildman–Crippen LogP) is 2.67. The Morgan fingerprint density at radius 1 is 1.46 bits per heavy atom. The summed E-state index contributed by atoms with van der Waals surface area (Å²) in [7, 11) is 0. The zero-order chi connectivity index (χ0) is 9.26. The van der Waals surface area contributed by atoms with Gasteiger partial charge in [0.2, 0.25) is 0 Å². The molecule has 0 aliphatic rings. The van der Waals surface area contributed by atoms with E-state index >= 15 is 0 Å². The van der Waals surface area contributed by atoms with Crippen LogP contribution in [0.3, 0.4) is 0 Å². The number of fused-ring (bicyclic) bond motifs is 1. The Bertz CT molecular complexity index is 507. The Balaban J connectivity index is 2.83. The molecule has 0 amide bonds. The fourth-order valence-electron chi connectivity index (χ4n) is 1.06. The highest BCUT2D eigenvalue weighted by Gasteiger charge is 2.06. The molecule has 0 spiro atoms. The average molecular weight is 300 g/mol. The number of hydrogen-bond donors (Lipinski definition) is 0. The molecule has 2 nitrogen and oxygen atoms in total. The largest absolute Gasteiger partial charge is 0.262 e. The third-order valence-electron chi connectivity index (χ3n) is 1.58. The lowest BCUT2D eigenvalue weighted by Gasteiger charge is -1.91. The van der Waals surface area contributed by atoms with E-state index in [4.69, 9.17) is 0 Å². The van der Waals surface area contributed by atoms with Crippen molar-refractivity contribution in [3.05, 3.63) is 21.7 Å². The Morgan fingerprint density at radius 3 is 3.08 bits per heavy atom. The van der Waals surface area contributed by atoms with E-state index in [0.717, 1.165) is 19.4 Å². The molecule has 2 aromatic heterocycles. The molecule has 13 heavy (non-hydrogen) atoms. The van der Waals surface area contributed by atoms with Gasteiger partial charge in [0.15, 0.2) is 0 Å². The molecule has 0 atom stereocenters. The lowest BCUT2D eigenvalue weighted by molar-refractivity contribution is 1.35. The van der Waals surface area contributed by atoms with Crippen LogP contribution in [0.25, 0.3) is 10.1 Å². The molecule has 0 radical (unpaired) electrons. The van der Waals surface area contributed by atoms with Crippen LogP contribution in [-0.4, -0.2) is 9.36 Å². The number of halogens is 1. The van der Waals surface area contributed by atoms with Gasteiger partial charge < -0.3 is 0 Å². The summed E-state index contributed by atoms with van der Waals surface area (Å²) in [5.74, 6) is 5.85. The summed E-state index contributed by atoms with van der Waals surface area (Å²) in [5, 5.41) is 1.13. The van der Waals surface area contributed by atoms with Crippen molar-refractivity contribution >= 4 is 44.2 Å². The van der Waals surface area contributed by atoms with Gasteiger partial charge in [-0.15, -0.1) is 0 Å². The molecule has 2 heterocycles. The number of nitrogens with zero attached hydrogens (tertiary/aromatic N) is 2. The van der Waals surface area contributed by atoms with Crippen LogP contribution in [-0.2, 0) is 0 Å². The van der Waals surface area contributed by atoms with E-state index in [-0.39, 0.29) is 0 Å². The molecular formula is C9H5IN2S. The summed E-state index contributed by atoms with van der Waals surface area (Å²) >= 11 is 3.70. The number of rotatable bonds is 0. The first-order chi connectivity index (χ1) is 6.33. The molecule has 0 aliphatic heterocycles. The fraction of sp³-hybridized carbons (Fsp3) is 0.111. The number of pyridine rings is 1. The minimum Gasteiger partial charge on any atom is -0.262 e. The molecule has 2 aromatic rings. The third-order valence-corrected chi connectivity index (χ3v) is 3.18. The highest BCUT2D eigenvalue weighted by atomic mass is 127. The second-order valence-electron chi connectivity index (χ2n) is 2.40. The molecular weight excluding hydrogens is 295 g/mol. The van der Waals surface area contributed by atoms with Crippen LogP contribution >= 0.6 is 34.1 Å². The van der Waals surface area contributed by atoms with Gasteiger partial charge in [-0.3, -0.25) is 4.98 Å². The van der Waals surface area contributed by atoms with E-state index in [1.54, 1.807) is 0 Å². The molecule has 0 N–H and O–H groups in total. The first-order valence-electron chi connectivity index (χ1n) is 3.64. The normalized spacial score (nSPS) is 9.69. The summed E-state index contributed by atoms with van der Waals surface area (Å²) in [6.07, 6.45) is 3.66. The minimum absolute atomic E-state index is 0.870. The lowest BCUT2D eigenvalue weighted by atomic mass is 10.2. The second kappa shape index (κ2) is 3.60. The van der Waals surface area contributed by atoms with Gasteiger partial charge in [0, 0.05) is 21.4 Å². The lowest BCUT2D eigenvalue weighted by Crippen LogP contribution is -1.79. The van der Waals surface area contributed by atoms with E-state index in [0.29, 0.717) is 0 Å². The molecule has 64 valence electrons. The molecule has 2 rings (SSSR count). The van der Waals surface area contributed by atoms with Crippen molar-refractivity contribution in [2.24, 2.45) is 0 Å². The second-order valence-corrected chi connectivity index (χ2v) is 4.37. The van der Waals surface area contributed by atoms with Gasteiger partial charge >= 0.3 is 0 Å². The summed E-state index contributed by atoms with van der Waals surface area (Å²) in [5.41, 5.74) is 0.870. The van der Waals surface area contributed by atoms with Gasteiger partial charge in [-0.05, 0) is 47.0 Å². The van der Waals surface area contributed by atoms with Crippen molar-refractivity contribution in [1.29, 1.82) is 0 Å². The highest BCUT2D eigenvalue weighted by molar-refractivity contribution is 14.1. The Morgan fingerprint density at radius 2 is 2.31 bits per heavy atom. The highest BCUT2D eigenvalue weighted by Crippen LogP contribution is 2.25. The smallest absolute Gasteiger partial charge is 0.136 e. The summed E-state index contributed by atoms with van der Waals surface area (Å²) in [6, 6.07) is 0. The van der Waals surface area contributed by atoms with Gasteiger partial charge in [0.25, 0.3) is 0 Å². The predicted molar refractivity (Wildman–Crippen MR) is 62.7 cm³/mol. The van der Waals surface area contributed by atoms with Crippen LogP contribution < -0.4 is 0 Å². The van der Waals surface area contributed by atoms with Crippen LogP contribution in [0.4, 0.5) is 0 Å². The maximum atomic E-state index is 4.27. The van der Waals surface area contributed by atoms with Crippen LogP contribution in [0.1, 0.15) is 12.6 Å². The SMILES string of the molecule is CC#Cc1nsc2cncc(I)c12. The molecule has 0 unspecified atom stereocenters. The first kappa shape index (κ1) is 8.91. The van der Waals surface area contributed by atoms with E-state index in [9.17, 15) is 0 Å². The quantitative estimate of drug-likeness (QED) is 0.552. The zero-order valence-electron chi connectivity index (χ0n) is 6.84. The number of hydrogen-bond acceptors (Lipinski definition) is 3. The van der Waals surface area contributed by atoms with Gasteiger partial charge in [-0.25, -0.2) is 0 Å². The zero-order valence-corrected chi connectivity index (χ0v) is 9.81. The summed E-state index contributed by atoms with van der Waals surface area (Å²) < 4.78 is 6.48.